The Hall–Kier alpha value is -1.55. The summed E-state index contributed by atoms with van der Waals surface area (Å²) in [6.45, 7) is 2.25. The summed E-state index contributed by atoms with van der Waals surface area (Å²) in [4.78, 5) is 11.9. The molecule has 2 rings (SSSR count). The van der Waals surface area contributed by atoms with E-state index in [1.165, 1.54) is 0 Å². The molecule has 0 saturated heterocycles. The molecule has 0 atom stereocenters. The van der Waals surface area contributed by atoms with E-state index in [-0.39, 0.29) is 5.91 Å². The number of amides is 1. The summed E-state index contributed by atoms with van der Waals surface area (Å²) < 4.78 is 5.18. The normalized spacial score (nSPS) is 16.8. The number of hydrogen-bond donors (Lipinski definition) is 2. The maximum Gasteiger partial charge on any atom is 0.251 e. The molecule has 1 aromatic carbocycles. The first-order chi connectivity index (χ1) is 8.54. The van der Waals surface area contributed by atoms with Crippen LogP contribution in [0.4, 0.5) is 0 Å². The average Bonchev–Trinajstić information content (AvgIpc) is 2.34. The lowest BCUT2D eigenvalue weighted by Crippen LogP contribution is -2.47. The molecule has 1 fully saturated rings. The minimum absolute atomic E-state index is 0.173. The fourth-order valence-corrected chi connectivity index (χ4v) is 2.07. The molecule has 1 aromatic rings. The van der Waals surface area contributed by atoms with Crippen molar-refractivity contribution >= 4 is 5.91 Å². The predicted octanol–water partition coefficient (Wildman–Crippen LogP) is 1.65. The van der Waals surface area contributed by atoms with Gasteiger partial charge >= 0.3 is 0 Å². The molecule has 98 valence electrons. The van der Waals surface area contributed by atoms with Crippen molar-refractivity contribution in [1.29, 1.82) is 0 Å². The number of carbonyl (C=O) groups is 1. The molecule has 2 N–H and O–H groups in total. The van der Waals surface area contributed by atoms with Crippen molar-refractivity contribution in [3.05, 3.63) is 29.3 Å². The van der Waals surface area contributed by atoms with Crippen LogP contribution in [0.5, 0.6) is 5.75 Å². The number of hydrogen-bond acceptors (Lipinski definition) is 3. The van der Waals surface area contributed by atoms with Crippen molar-refractivity contribution in [3.8, 4) is 5.75 Å². The van der Waals surface area contributed by atoms with Crippen LogP contribution >= 0.6 is 0 Å². The Morgan fingerprint density at radius 1 is 1.50 bits per heavy atom. The Kier molecular flexibility index (Phi) is 3.57. The van der Waals surface area contributed by atoms with Crippen LogP contribution in [-0.2, 0) is 0 Å². The first-order valence-corrected chi connectivity index (χ1v) is 6.19. The molecule has 1 aliphatic carbocycles. The van der Waals surface area contributed by atoms with E-state index in [4.69, 9.17) is 4.74 Å². The smallest absolute Gasteiger partial charge is 0.251 e. The SMILES string of the molecule is COc1cc(C(=O)NCC2(O)CCC2)ccc1C. The van der Waals surface area contributed by atoms with Gasteiger partial charge in [0.15, 0.2) is 0 Å². The Morgan fingerprint density at radius 2 is 2.22 bits per heavy atom. The topological polar surface area (TPSA) is 58.6 Å². The highest BCUT2D eigenvalue weighted by molar-refractivity contribution is 5.94. The molecular weight excluding hydrogens is 230 g/mol. The Morgan fingerprint density at radius 3 is 2.78 bits per heavy atom. The summed E-state index contributed by atoms with van der Waals surface area (Å²) in [5, 5.41) is 12.7. The number of ether oxygens (including phenoxy) is 1. The van der Waals surface area contributed by atoms with Gasteiger partial charge in [0.2, 0.25) is 0 Å². The fraction of sp³-hybridized carbons (Fsp3) is 0.500. The summed E-state index contributed by atoms with van der Waals surface area (Å²) in [5.74, 6) is 0.527. The zero-order valence-corrected chi connectivity index (χ0v) is 10.8. The van der Waals surface area contributed by atoms with Gasteiger partial charge in [-0.1, -0.05) is 6.07 Å². The average molecular weight is 249 g/mol. The number of aliphatic hydroxyl groups is 1. The first-order valence-electron chi connectivity index (χ1n) is 6.19. The number of benzene rings is 1. The van der Waals surface area contributed by atoms with E-state index >= 15 is 0 Å². The van der Waals surface area contributed by atoms with E-state index in [1.807, 2.05) is 13.0 Å². The molecule has 0 radical (unpaired) electrons. The molecule has 4 heteroatoms. The lowest BCUT2D eigenvalue weighted by molar-refractivity contribution is -0.0300. The molecule has 0 unspecified atom stereocenters. The summed E-state index contributed by atoms with van der Waals surface area (Å²) in [6, 6.07) is 5.33. The minimum Gasteiger partial charge on any atom is -0.496 e. The fourth-order valence-electron chi connectivity index (χ4n) is 2.07. The summed E-state index contributed by atoms with van der Waals surface area (Å²) >= 11 is 0. The van der Waals surface area contributed by atoms with Crippen molar-refractivity contribution in [2.75, 3.05) is 13.7 Å². The second-order valence-corrected chi connectivity index (χ2v) is 4.94. The van der Waals surface area contributed by atoms with E-state index < -0.39 is 5.60 Å². The maximum atomic E-state index is 11.9. The van der Waals surface area contributed by atoms with Crippen LogP contribution in [0.2, 0.25) is 0 Å². The maximum absolute atomic E-state index is 11.9. The number of nitrogens with one attached hydrogen (secondary N) is 1. The standard InChI is InChI=1S/C14H19NO3/c1-10-4-5-11(8-12(10)18-2)13(16)15-9-14(17)6-3-7-14/h4-5,8,17H,3,6-7,9H2,1-2H3,(H,15,16). The van der Waals surface area contributed by atoms with E-state index in [2.05, 4.69) is 5.32 Å². The highest BCUT2D eigenvalue weighted by Crippen LogP contribution is 2.30. The third-order valence-corrected chi connectivity index (χ3v) is 3.53. The third kappa shape index (κ3) is 2.64. The number of methoxy groups -OCH3 is 1. The Labute approximate surface area is 107 Å². The van der Waals surface area contributed by atoms with Crippen LogP contribution in [-0.4, -0.2) is 30.3 Å². The monoisotopic (exact) mass is 249 g/mol. The Bertz CT molecular complexity index is 452. The molecule has 0 heterocycles. The van der Waals surface area contributed by atoms with Gasteiger partial charge in [-0.05, 0) is 43.9 Å². The van der Waals surface area contributed by atoms with Gasteiger partial charge in [-0.2, -0.15) is 0 Å². The minimum atomic E-state index is -0.690. The molecular formula is C14H19NO3. The molecule has 4 nitrogen and oxygen atoms in total. The second kappa shape index (κ2) is 4.98. The summed E-state index contributed by atoms with van der Waals surface area (Å²) in [6.07, 6.45) is 2.57. The van der Waals surface area contributed by atoms with Gasteiger partial charge < -0.3 is 15.2 Å². The molecule has 0 aliphatic heterocycles. The molecule has 1 amide bonds. The molecule has 1 aliphatic rings. The van der Waals surface area contributed by atoms with Crippen LogP contribution in [0.3, 0.4) is 0 Å². The zero-order chi connectivity index (χ0) is 13.2. The molecule has 0 spiro atoms. The van der Waals surface area contributed by atoms with Gasteiger partial charge in [0.25, 0.3) is 5.91 Å². The predicted molar refractivity (Wildman–Crippen MR) is 68.9 cm³/mol. The van der Waals surface area contributed by atoms with Gasteiger partial charge in [0, 0.05) is 12.1 Å². The largest absolute Gasteiger partial charge is 0.496 e. The number of rotatable bonds is 4. The van der Waals surface area contributed by atoms with E-state index in [0.29, 0.717) is 17.9 Å². The van der Waals surface area contributed by atoms with Gasteiger partial charge in [0.1, 0.15) is 5.75 Å². The zero-order valence-electron chi connectivity index (χ0n) is 10.8. The van der Waals surface area contributed by atoms with Crippen molar-refractivity contribution < 1.29 is 14.6 Å². The quantitative estimate of drug-likeness (QED) is 0.853. The van der Waals surface area contributed by atoms with Gasteiger partial charge in [-0.15, -0.1) is 0 Å². The van der Waals surface area contributed by atoms with Crippen LogP contribution < -0.4 is 10.1 Å². The van der Waals surface area contributed by atoms with Crippen molar-refractivity contribution in [1.82, 2.24) is 5.32 Å². The lowest BCUT2D eigenvalue weighted by Gasteiger charge is -2.36. The third-order valence-electron chi connectivity index (χ3n) is 3.53. The molecule has 0 bridgehead atoms. The van der Waals surface area contributed by atoms with Crippen molar-refractivity contribution in [2.24, 2.45) is 0 Å². The summed E-state index contributed by atoms with van der Waals surface area (Å²) in [5.41, 5.74) is 0.858. The van der Waals surface area contributed by atoms with Gasteiger partial charge in [-0.25, -0.2) is 0 Å². The first kappa shape index (κ1) is 12.9. The van der Waals surface area contributed by atoms with Crippen LogP contribution in [0, 0.1) is 6.92 Å². The highest BCUT2D eigenvalue weighted by Gasteiger charge is 2.34. The van der Waals surface area contributed by atoms with Crippen molar-refractivity contribution in [2.45, 2.75) is 31.8 Å². The highest BCUT2D eigenvalue weighted by atomic mass is 16.5. The second-order valence-electron chi connectivity index (χ2n) is 4.94. The van der Waals surface area contributed by atoms with Crippen LogP contribution in [0.1, 0.15) is 35.2 Å². The Balaban J connectivity index is 2.00. The van der Waals surface area contributed by atoms with Gasteiger partial charge in [0.05, 0.1) is 12.7 Å². The van der Waals surface area contributed by atoms with E-state index in [0.717, 1.165) is 24.8 Å². The van der Waals surface area contributed by atoms with E-state index in [9.17, 15) is 9.90 Å². The molecule has 1 saturated carbocycles. The van der Waals surface area contributed by atoms with E-state index in [1.54, 1.807) is 19.2 Å². The van der Waals surface area contributed by atoms with Crippen LogP contribution in [0.25, 0.3) is 0 Å². The number of aryl methyl sites for hydroxylation is 1. The van der Waals surface area contributed by atoms with Crippen molar-refractivity contribution in [3.63, 3.8) is 0 Å². The summed E-state index contributed by atoms with van der Waals surface area (Å²) in [7, 11) is 1.58. The lowest BCUT2D eigenvalue weighted by atomic mass is 9.80. The molecule has 0 aromatic heterocycles. The number of carbonyl (C=O) groups excluding carboxylic acids is 1. The van der Waals surface area contributed by atoms with Crippen LogP contribution in [0.15, 0.2) is 18.2 Å². The van der Waals surface area contributed by atoms with Gasteiger partial charge in [-0.3, -0.25) is 4.79 Å². The molecule has 18 heavy (non-hydrogen) atoms.